The highest BCUT2D eigenvalue weighted by Gasteiger charge is 2.45. The van der Waals surface area contributed by atoms with E-state index in [-0.39, 0.29) is 0 Å². The molecule has 1 aromatic carbocycles. The average molecular weight is 517 g/mol. The van der Waals surface area contributed by atoms with Crippen molar-refractivity contribution in [2.24, 2.45) is 0 Å². The molecule has 0 fully saturated rings. The first-order chi connectivity index (χ1) is 6.33. The molecular formula is C8H5Br5O. The predicted molar refractivity (Wildman–Crippen MR) is 77.2 cm³/mol. The number of halogens is 5. The summed E-state index contributed by atoms with van der Waals surface area (Å²) in [4.78, 5) is 0. The monoisotopic (exact) mass is 512 g/mol. The first-order valence-electron chi connectivity index (χ1n) is 3.51. The van der Waals surface area contributed by atoms with Gasteiger partial charge in [-0.15, -0.1) is 0 Å². The van der Waals surface area contributed by atoms with Crippen LogP contribution in [0.1, 0.15) is 0 Å². The molecule has 0 atom stereocenters. The predicted octanol–water partition coefficient (Wildman–Crippen LogP) is 5.35. The second-order valence-corrected chi connectivity index (χ2v) is 12.5. The van der Waals surface area contributed by atoms with Crippen LogP contribution in [-0.2, 0) is 0 Å². The van der Waals surface area contributed by atoms with Crippen LogP contribution in [0.3, 0.4) is 0 Å². The summed E-state index contributed by atoms with van der Waals surface area (Å²) >= 11 is 16.9. The Morgan fingerprint density at radius 2 is 1.36 bits per heavy atom. The van der Waals surface area contributed by atoms with Gasteiger partial charge in [-0.25, -0.2) is 0 Å². The normalized spacial score (nSPS) is 12.6. The van der Waals surface area contributed by atoms with Crippen LogP contribution >= 0.6 is 79.6 Å². The molecule has 78 valence electrons. The van der Waals surface area contributed by atoms with Crippen LogP contribution in [0.5, 0.6) is 5.75 Å². The minimum atomic E-state index is -0.783. The zero-order valence-corrected chi connectivity index (χ0v) is 14.6. The summed E-state index contributed by atoms with van der Waals surface area (Å²) in [7, 11) is 0. The Labute approximate surface area is 125 Å². The molecule has 1 rings (SSSR count). The van der Waals surface area contributed by atoms with Gasteiger partial charge in [-0.1, -0.05) is 66.0 Å². The third-order valence-electron chi connectivity index (χ3n) is 1.32. The lowest BCUT2D eigenvalue weighted by Gasteiger charge is -2.30. The number of ether oxygens (including phenoxy) is 1. The molecule has 0 aliphatic carbocycles. The van der Waals surface area contributed by atoms with Gasteiger partial charge in [0.25, 0.3) is 3.42 Å². The largest absolute Gasteiger partial charge is 0.463 e. The Bertz CT molecular complexity index is 292. The van der Waals surface area contributed by atoms with Crippen molar-refractivity contribution in [1.82, 2.24) is 0 Å². The standard InChI is InChI=1S/C8H5Br5O/c9-7(10,11)8(12,13)14-6-4-2-1-3-5-6/h1-5H. The van der Waals surface area contributed by atoms with E-state index in [1.807, 2.05) is 30.3 Å². The van der Waals surface area contributed by atoms with Gasteiger partial charge < -0.3 is 4.74 Å². The van der Waals surface area contributed by atoms with E-state index in [1.165, 1.54) is 0 Å². The van der Waals surface area contributed by atoms with E-state index in [2.05, 4.69) is 79.6 Å². The molecule has 0 heterocycles. The number of hydrogen-bond acceptors (Lipinski definition) is 1. The summed E-state index contributed by atoms with van der Waals surface area (Å²) in [5.41, 5.74) is 0. The molecule has 0 aromatic heterocycles. The van der Waals surface area contributed by atoms with Gasteiger partial charge in [0.15, 0.2) is 2.14 Å². The SMILES string of the molecule is BrC(Br)(Br)C(Br)(Br)Oc1ccccc1. The van der Waals surface area contributed by atoms with Gasteiger partial charge in [0.05, 0.1) is 0 Å². The lowest BCUT2D eigenvalue weighted by atomic mass is 10.3. The summed E-state index contributed by atoms with van der Waals surface area (Å²) in [5, 5.41) is 0. The quantitative estimate of drug-likeness (QED) is 0.482. The molecule has 6 heteroatoms. The molecule has 0 aliphatic heterocycles. The van der Waals surface area contributed by atoms with Crippen LogP contribution in [-0.4, -0.2) is 5.56 Å². The summed E-state index contributed by atoms with van der Waals surface area (Å²) in [6, 6.07) is 9.49. The number of para-hydroxylation sites is 1. The Morgan fingerprint density at radius 3 is 1.79 bits per heavy atom. The van der Waals surface area contributed by atoms with E-state index < -0.39 is 5.56 Å². The molecular weight excluding hydrogens is 512 g/mol. The highest BCUT2D eigenvalue weighted by atomic mass is 80.0. The number of hydrogen-bond donors (Lipinski definition) is 0. The molecule has 0 saturated carbocycles. The van der Waals surface area contributed by atoms with Gasteiger partial charge in [0.2, 0.25) is 0 Å². The van der Waals surface area contributed by atoms with Gasteiger partial charge in [-0.05, 0) is 44.0 Å². The fourth-order valence-corrected chi connectivity index (χ4v) is 1.31. The highest BCUT2D eigenvalue weighted by Crippen LogP contribution is 2.53. The van der Waals surface area contributed by atoms with Crippen molar-refractivity contribution in [1.29, 1.82) is 0 Å². The smallest absolute Gasteiger partial charge is 0.252 e. The van der Waals surface area contributed by atoms with E-state index in [9.17, 15) is 0 Å². The van der Waals surface area contributed by atoms with Crippen LogP contribution in [0.2, 0.25) is 0 Å². The van der Waals surface area contributed by atoms with Crippen molar-refractivity contribution in [3.05, 3.63) is 30.3 Å². The van der Waals surface area contributed by atoms with E-state index in [0.29, 0.717) is 0 Å². The summed E-state index contributed by atoms with van der Waals surface area (Å²) in [6.07, 6.45) is 0. The van der Waals surface area contributed by atoms with Gasteiger partial charge in [-0.3, -0.25) is 0 Å². The maximum absolute atomic E-state index is 5.66. The second-order valence-electron chi connectivity index (χ2n) is 2.43. The topological polar surface area (TPSA) is 9.23 Å². The molecule has 0 amide bonds. The number of benzene rings is 1. The fourth-order valence-electron chi connectivity index (χ4n) is 0.694. The molecule has 0 N–H and O–H groups in total. The highest BCUT2D eigenvalue weighted by molar-refractivity contribution is 9.41. The molecule has 14 heavy (non-hydrogen) atoms. The molecule has 0 saturated heterocycles. The molecule has 1 nitrogen and oxygen atoms in total. The van der Waals surface area contributed by atoms with Crippen LogP contribution in [0.15, 0.2) is 30.3 Å². The Balaban J connectivity index is 2.79. The Morgan fingerprint density at radius 1 is 0.857 bits per heavy atom. The fraction of sp³-hybridized carbons (Fsp3) is 0.250. The van der Waals surface area contributed by atoms with E-state index in [4.69, 9.17) is 4.74 Å². The minimum absolute atomic E-state index is 0.601. The van der Waals surface area contributed by atoms with Crippen molar-refractivity contribution in [2.45, 2.75) is 5.56 Å². The first kappa shape index (κ1) is 13.5. The third-order valence-corrected chi connectivity index (χ3v) is 7.70. The van der Waals surface area contributed by atoms with Crippen LogP contribution in [0.4, 0.5) is 0 Å². The lowest BCUT2D eigenvalue weighted by molar-refractivity contribution is 0.285. The number of rotatable bonds is 2. The average Bonchev–Trinajstić information content (AvgIpc) is 2.03. The van der Waals surface area contributed by atoms with Crippen LogP contribution in [0.25, 0.3) is 0 Å². The summed E-state index contributed by atoms with van der Waals surface area (Å²) in [6.45, 7) is 0. The zero-order valence-electron chi connectivity index (χ0n) is 6.68. The minimum Gasteiger partial charge on any atom is -0.463 e. The van der Waals surface area contributed by atoms with Crippen LogP contribution < -0.4 is 4.74 Å². The summed E-state index contributed by atoms with van der Waals surface area (Å²) in [5.74, 6) is 0.754. The molecule has 0 radical (unpaired) electrons. The van der Waals surface area contributed by atoms with Gasteiger partial charge in [0.1, 0.15) is 5.75 Å². The molecule has 0 aliphatic rings. The van der Waals surface area contributed by atoms with Crippen molar-refractivity contribution < 1.29 is 4.74 Å². The maximum Gasteiger partial charge on any atom is 0.252 e. The molecule has 1 aromatic rings. The van der Waals surface area contributed by atoms with Crippen molar-refractivity contribution in [2.75, 3.05) is 0 Å². The van der Waals surface area contributed by atoms with Crippen molar-refractivity contribution in [3.63, 3.8) is 0 Å². The second kappa shape index (κ2) is 5.17. The molecule has 0 unspecified atom stereocenters. The molecule has 0 bridgehead atoms. The van der Waals surface area contributed by atoms with Gasteiger partial charge in [-0.2, -0.15) is 0 Å². The van der Waals surface area contributed by atoms with Gasteiger partial charge in [0, 0.05) is 0 Å². The zero-order chi connectivity index (χ0) is 10.8. The number of alkyl halides is 5. The third kappa shape index (κ3) is 3.77. The Hall–Kier alpha value is 1.42. The van der Waals surface area contributed by atoms with E-state index in [0.717, 1.165) is 5.75 Å². The van der Waals surface area contributed by atoms with Crippen molar-refractivity contribution >= 4 is 79.6 Å². The van der Waals surface area contributed by atoms with Crippen molar-refractivity contribution in [3.8, 4) is 5.75 Å². The van der Waals surface area contributed by atoms with Crippen LogP contribution in [0, 0.1) is 0 Å². The molecule has 0 spiro atoms. The maximum atomic E-state index is 5.66. The Kier molecular flexibility index (Phi) is 4.98. The van der Waals surface area contributed by atoms with E-state index in [1.54, 1.807) is 0 Å². The van der Waals surface area contributed by atoms with E-state index >= 15 is 0 Å². The summed E-state index contributed by atoms with van der Waals surface area (Å²) < 4.78 is 4.27. The lowest BCUT2D eigenvalue weighted by Crippen LogP contribution is -2.34. The van der Waals surface area contributed by atoms with Gasteiger partial charge >= 0.3 is 0 Å². The first-order valence-corrected chi connectivity index (χ1v) is 7.48.